The molecule has 0 amide bonds. The highest BCUT2D eigenvalue weighted by atomic mass is 32.1. The van der Waals surface area contributed by atoms with Gasteiger partial charge in [-0.15, -0.1) is 21.6 Å². The van der Waals surface area contributed by atoms with Gasteiger partial charge in [-0.25, -0.2) is 4.79 Å². The number of carbonyl (C=O) groups is 1. The lowest BCUT2D eigenvalue weighted by atomic mass is 10.1. The van der Waals surface area contributed by atoms with Gasteiger partial charge in [-0.3, -0.25) is 0 Å². The van der Waals surface area contributed by atoms with Crippen molar-refractivity contribution >= 4 is 33.7 Å². The summed E-state index contributed by atoms with van der Waals surface area (Å²) < 4.78 is 5.04. The molecule has 2 aromatic rings. The summed E-state index contributed by atoms with van der Waals surface area (Å²) in [5.74, 6) is -0.327. The van der Waals surface area contributed by atoms with Crippen LogP contribution in [0.15, 0.2) is 28.4 Å². The lowest BCUT2D eigenvalue weighted by molar-refractivity contribution is 0.0601. The molecule has 1 aromatic heterocycles. The van der Waals surface area contributed by atoms with Crippen LogP contribution in [0.3, 0.4) is 0 Å². The predicted octanol–water partition coefficient (Wildman–Crippen LogP) is 6.27. The largest absolute Gasteiger partial charge is 0.465 e. The predicted molar refractivity (Wildman–Crippen MR) is 120 cm³/mol. The number of rotatable bonds is 7. The fourth-order valence-corrected chi connectivity index (χ4v) is 5.01. The fourth-order valence-electron chi connectivity index (χ4n) is 3.81. The molecule has 6 nitrogen and oxygen atoms in total. The first kappa shape index (κ1) is 22.0. The molecule has 0 saturated carbocycles. The number of ether oxygens (including phenoxy) is 1. The van der Waals surface area contributed by atoms with Gasteiger partial charge in [0.05, 0.1) is 25.3 Å². The molecule has 30 heavy (non-hydrogen) atoms. The molecule has 1 heterocycles. The molecule has 0 aliphatic heterocycles. The molecular weight excluding hydrogens is 396 g/mol. The van der Waals surface area contributed by atoms with Crippen molar-refractivity contribution in [2.45, 2.75) is 52.4 Å². The number of hydrogen-bond donors (Lipinski definition) is 0. The second-order valence-corrected chi connectivity index (χ2v) is 8.48. The molecule has 0 unspecified atom stereocenters. The summed E-state index contributed by atoms with van der Waals surface area (Å²) in [6.07, 6.45) is 5.80. The highest BCUT2D eigenvalue weighted by Crippen LogP contribution is 2.40. The Morgan fingerprint density at radius 3 is 2.77 bits per heavy atom. The van der Waals surface area contributed by atoms with Crippen LogP contribution in [-0.4, -0.2) is 26.2 Å². The van der Waals surface area contributed by atoms with Gasteiger partial charge in [0, 0.05) is 23.7 Å². The Morgan fingerprint density at radius 2 is 2.07 bits per heavy atom. The summed E-state index contributed by atoms with van der Waals surface area (Å²) in [7, 11) is 1.42. The summed E-state index contributed by atoms with van der Waals surface area (Å²) in [6, 6.07) is 8.22. The van der Waals surface area contributed by atoms with Crippen LogP contribution in [0.2, 0.25) is 0 Å². The number of aryl methyl sites for hydroxylation is 2. The van der Waals surface area contributed by atoms with Crippen LogP contribution in [0.25, 0.3) is 0 Å². The number of esters is 1. The smallest absolute Gasteiger partial charge is 0.341 e. The first-order valence-electron chi connectivity index (χ1n) is 10.5. The van der Waals surface area contributed by atoms with Crippen LogP contribution >= 0.6 is 11.3 Å². The number of anilines is 1. The monoisotopic (exact) mass is 424 g/mol. The lowest BCUT2D eigenvalue weighted by Gasteiger charge is -2.22. The van der Waals surface area contributed by atoms with E-state index in [1.165, 1.54) is 18.4 Å². The van der Waals surface area contributed by atoms with E-state index in [4.69, 9.17) is 10.00 Å². The summed E-state index contributed by atoms with van der Waals surface area (Å²) in [5, 5.41) is 18.4. The van der Waals surface area contributed by atoms with E-state index < -0.39 is 0 Å². The number of nitrogens with zero attached hydrogens (tertiary/aromatic N) is 4. The molecule has 0 bridgehead atoms. The van der Waals surface area contributed by atoms with Gasteiger partial charge in [0.2, 0.25) is 0 Å². The molecule has 0 N–H and O–H groups in total. The van der Waals surface area contributed by atoms with Gasteiger partial charge in [-0.1, -0.05) is 6.42 Å². The van der Waals surface area contributed by atoms with Gasteiger partial charge in [0.1, 0.15) is 5.56 Å². The number of hydrogen-bond acceptors (Lipinski definition) is 7. The number of carbonyl (C=O) groups excluding carboxylic acids is 1. The van der Waals surface area contributed by atoms with E-state index in [0.717, 1.165) is 54.7 Å². The van der Waals surface area contributed by atoms with E-state index in [1.54, 1.807) is 11.3 Å². The quantitative estimate of drug-likeness (QED) is 0.298. The van der Waals surface area contributed by atoms with Gasteiger partial charge in [-0.05, 0) is 68.9 Å². The van der Waals surface area contributed by atoms with Crippen molar-refractivity contribution in [2.75, 3.05) is 25.1 Å². The summed E-state index contributed by atoms with van der Waals surface area (Å²) in [5.41, 5.74) is 4.54. The number of thiophene rings is 1. The SMILES string of the molecule is CCN(CCC#N)c1ccc(N=Nc2sc3c(c2C(=O)OC)CCCCC3)c(C)c1. The van der Waals surface area contributed by atoms with Crippen LogP contribution in [0.1, 0.15) is 59.0 Å². The van der Waals surface area contributed by atoms with E-state index in [-0.39, 0.29) is 5.97 Å². The molecule has 7 heteroatoms. The number of benzene rings is 1. The van der Waals surface area contributed by atoms with Crippen LogP contribution in [0.5, 0.6) is 0 Å². The lowest BCUT2D eigenvalue weighted by Crippen LogP contribution is -2.23. The van der Waals surface area contributed by atoms with Crippen molar-refractivity contribution in [1.82, 2.24) is 0 Å². The Kier molecular flexibility index (Phi) is 7.58. The zero-order valence-electron chi connectivity index (χ0n) is 17.9. The van der Waals surface area contributed by atoms with Gasteiger partial charge in [0.25, 0.3) is 0 Å². The molecule has 0 radical (unpaired) electrons. The van der Waals surface area contributed by atoms with E-state index in [0.29, 0.717) is 23.5 Å². The Labute approximate surface area is 182 Å². The molecule has 1 aromatic carbocycles. The number of azo groups is 1. The van der Waals surface area contributed by atoms with Crippen molar-refractivity contribution in [3.63, 3.8) is 0 Å². The van der Waals surface area contributed by atoms with E-state index in [9.17, 15) is 4.79 Å². The van der Waals surface area contributed by atoms with Crippen LogP contribution in [0.4, 0.5) is 16.4 Å². The molecule has 0 atom stereocenters. The molecular formula is C23H28N4O2S. The zero-order valence-corrected chi connectivity index (χ0v) is 18.7. The van der Waals surface area contributed by atoms with Gasteiger partial charge in [-0.2, -0.15) is 5.26 Å². The maximum absolute atomic E-state index is 12.5. The van der Waals surface area contributed by atoms with Crippen LogP contribution in [-0.2, 0) is 17.6 Å². The standard InChI is InChI=1S/C23H28N4O2S/c1-4-27(14-8-13-24)17-11-12-19(16(2)15-17)25-26-22-21(23(28)29-3)18-9-6-5-7-10-20(18)30-22/h11-12,15H,4-10,14H2,1-3H3. The average Bonchev–Trinajstić information content (AvgIpc) is 2.93. The molecule has 158 valence electrons. The van der Waals surface area contributed by atoms with Crippen LogP contribution < -0.4 is 4.90 Å². The van der Waals surface area contributed by atoms with E-state index in [2.05, 4.69) is 34.2 Å². The summed E-state index contributed by atoms with van der Waals surface area (Å²) in [4.78, 5) is 15.9. The van der Waals surface area contributed by atoms with Crippen molar-refractivity contribution in [2.24, 2.45) is 10.2 Å². The Hall–Kier alpha value is -2.72. The minimum absolute atomic E-state index is 0.327. The third-order valence-electron chi connectivity index (χ3n) is 5.46. The minimum atomic E-state index is -0.327. The molecule has 3 rings (SSSR count). The first-order valence-corrected chi connectivity index (χ1v) is 11.3. The fraction of sp³-hybridized carbons (Fsp3) is 0.478. The van der Waals surface area contributed by atoms with Crippen molar-refractivity contribution in [1.29, 1.82) is 5.26 Å². The van der Waals surface area contributed by atoms with E-state index >= 15 is 0 Å². The Balaban J connectivity index is 1.89. The number of nitriles is 1. The molecule has 1 aliphatic rings. The maximum atomic E-state index is 12.5. The molecule has 1 aliphatic carbocycles. The Bertz CT molecular complexity index is 974. The van der Waals surface area contributed by atoms with Crippen molar-refractivity contribution in [3.8, 4) is 6.07 Å². The van der Waals surface area contributed by atoms with Gasteiger partial charge in [0.15, 0.2) is 5.00 Å². The molecule has 0 fully saturated rings. The van der Waals surface area contributed by atoms with Crippen molar-refractivity contribution in [3.05, 3.63) is 39.8 Å². The maximum Gasteiger partial charge on any atom is 0.341 e. The van der Waals surface area contributed by atoms with E-state index in [1.807, 2.05) is 19.1 Å². The van der Waals surface area contributed by atoms with Crippen LogP contribution in [0, 0.1) is 18.3 Å². The summed E-state index contributed by atoms with van der Waals surface area (Å²) in [6.45, 7) is 5.62. The third kappa shape index (κ3) is 4.88. The number of fused-ring (bicyclic) bond motifs is 1. The second-order valence-electron chi connectivity index (χ2n) is 7.39. The summed E-state index contributed by atoms with van der Waals surface area (Å²) >= 11 is 1.56. The first-order chi connectivity index (χ1) is 14.6. The number of methoxy groups -OCH3 is 1. The second kappa shape index (κ2) is 10.4. The normalized spacial score (nSPS) is 13.5. The minimum Gasteiger partial charge on any atom is -0.465 e. The molecule has 0 spiro atoms. The van der Waals surface area contributed by atoms with Gasteiger partial charge < -0.3 is 9.64 Å². The highest BCUT2D eigenvalue weighted by Gasteiger charge is 2.25. The molecule has 0 saturated heterocycles. The third-order valence-corrected chi connectivity index (χ3v) is 6.64. The van der Waals surface area contributed by atoms with Gasteiger partial charge >= 0.3 is 5.97 Å². The zero-order chi connectivity index (χ0) is 21.5. The topological polar surface area (TPSA) is 78.0 Å². The Morgan fingerprint density at radius 1 is 1.27 bits per heavy atom. The highest BCUT2D eigenvalue weighted by molar-refractivity contribution is 7.16. The van der Waals surface area contributed by atoms with Crippen molar-refractivity contribution < 1.29 is 9.53 Å². The average molecular weight is 425 g/mol.